The number of rotatable bonds is 7. The highest BCUT2D eigenvalue weighted by Crippen LogP contribution is 2.23. The summed E-state index contributed by atoms with van der Waals surface area (Å²) in [6, 6.07) is 8.38. The Hall–Kier alpha value is -2.60. The van der Waals surface area contributed by atoms with Gasteiger partial charge in [-0.15, -0.1) is 0 Å². The molecule has 1 atom stereocenters. The fraction of sp³-hybridized carbons (Fsp3) is 0.455. The number of hydrogen-bond acceptors (Lipinski definition) is 4. The van der Waals surface area contributed by atoms with Gasteiger partial charge in [0.15, 0.2) is 5.96 Å². The monoisotopic (exact) mass is 382 g/mol. The summed E-state index contributed by atoms with van der Waals surface area (Å²) in [4.78, 5) is 8.47. The van der Waals surface area contributed by atoms with Crippen molar-refractivity contribution in [3.63, 3.8) is 0 Å². The highest BCUT2D eigenvalue weighted by Gasteiger charge is 2.18. The van der Waals surface area contributed by atoms with Crippen molar-refractivity contribution in [3.8, 4) is 5.75 Å². The third kappa shape index (κ3) is 5.70. The fourth-order valence-corrected chi connectivity index (χ4v) is 3.20. The van der Waals surface area contributed by atoms with Gasteiger partial charge in [-0.25, -0.2) is 0 Å². The van der Waals surface area contributed by atoms with E-state index in [2.05, 4.69) is 58.7 Å². The number of aromatic nitrogens is 1. The van der Waals surface area contributed by atoms with Crippen molar-refractivity contribution < 1.29 is 9.47 Å². The third-order valence-corrected chi connectivity index (χ3v) is 4.90. The predicted molar refractivity (Wildman–Crippen MR) is 112 cm³/mol. The number of nitrogens with one attached hydrogen (secondary N) is 2. The zero-order chi connectivity index (χ0) is 19.8. The van der Waals surface area contributed by atoms with Crippen LogP contribution in [0.4, 0.5) is 0 Å². The maximum absolute atomic E-state index is 6.17. The van der Waals surface area contributed by atoms with Gasteiger partial charge in [-0.1, -0.05) is 12.1 Å². The molecule has 0 spiro atoms. The highest BCUT2D eigenvalue weighted by atomic mass is 16.5. The van der Waals surface area contributed by atoms with E-state index in [0.717, 1.165) is 43.3 Å². The van der Waals surface area contributed by atoms with Crippen LogP contribution >= 0.6 is 0 Å². The first-order chi connectivity index (χ1) is 13.7. The number of hydrogen-bond donors (Lipinski definition) is 2. The van der Waals surface area contributed by atoms with Gasteiger partial charge in [-0.3, -0.25) is 9.98 Å². The van der Waals surface area contributed by atoms with Crippen LogP contribution in [-0.4, -0.2) is 43.9 Å². The van der Waals surface area contributed by atoms with E-state index in [0.29, 0.717) is 13.2 Å². The van der Waals surface area contributed by atoms with Crippen molar-refractivity contribution >= 4 is 5.96 Å². The van der Waals surface area contributed by atoms with Crippen LogP contribution in [0.25, 0.3) is 0 Å². The summed E-state index contributed by atoms with van der Waals surface area (Å²) in [6.45, 7) is 7.06. The molecule has 1 aliphatic heterocycles. The summed E-state index contributed by atoms with van der Waals surface area (Å²) in [5.74, 6) is 1.70. The first-order valence-electron chi connectivity index (χ1n) is 9.83. The number of pyridine rings is 1. The van der Waals surface area contributed by atoms with Crippen molar-refractivity contribution in [2.75, 3.05) is 26.8 Å². The van der Waals surface area contributed by atoms with Crippen molar-refractivity contribution in [2.45, 2.75) is 39.3 Å². The molecular formula is C22H30N4O2. The van der Waals surface area contributed by atoms with Crippen molar-refractivity contribution in [2.24, 2.45) is 4.99 Å². The molecule has 0 saturated carbocycles. The number of aryl methyl sites for hydroxylation is 2. The third-order valence-electron chi connectivity index (χ3n) is 4.90. The van der Waals surface area contributed by atoms with Gasteiger partial charge in [0, 0.05) is 44.5 Å². The van der Waals surface area contributed by atoms with Crippen molar-refractivity contribution in [1.29, 1.82) is 0 Å². The Bertz CT molecular complexity index is 801. The first-order valence-corrected chi connectivity index (χ1v) is 9.83. The van der Waals surface area contributed by atoms with Gasteiger partial charge in [0.2, 0.25) is 0 Å². The van der Waals surface area contributed by atoms with Crippen LogP contribution in [-0.2, 0) is 17.7 Å². The summed E-state index contributed by atoms with van der Waals surface area (Å²) in [5.41, 5.74) is 4.81. The summed E-state index contributed by atoms with van der Waals surface area (Å²) >= 11 is 0. The average molecular weight is 383 g/mol. The Labute approximate surface area is 167 Å². The van der Waals surface area contributed by atoms with Crippen LogP contribution in [0.15, 0.2) is 41.7 Å². The Kier molecular flexibility index (Phi) is 7.25. The minimum absolute atomic E-state index is 0.140. The largest absolute Gasteiger partial charge is 0.488 e. The van der Waals surface area contributed by atoms with Gasteiger partial charge in [0.1, 0.15) is 11.9 Å². The van der Waals surface area contributed by atoms with Gasteiger partial charge in [-0.05, 0) is 49.1 Å². The molecule has 2 aromatic rings. The van der Waals surface area contributed by atoms with Crippen molar-refractivity contribution in [3.05, 3.63) is 58.9 Å². The molecule has 1 fully saturated rings. The van der Waals surface area contributed by atoms with E-state index in [9.17, 15) is 0 Å². The lowest BCUT2D eigenvalue weighted by Crippen LogP contribution is -2.38. The SMILES string of the molecule is CN=C(NCCc1ccncc1C)NCc1ccc(C)cc1OC1CCOC1. The van der Waals surface area contributed by atoms with E-state index in [-0.39, 0.29) is 6.10 Å². The molecule has 2 heterocycles. The molecule has 2 N–H and O–H groups in total. The van der Waals surface area contributed by atoms with Crippen molar-refractivity contribution in [1.82, 2.24) is 15.6 Å². The molecule has 0 bridgehead atoms. The minimum atomic E-state index is 0.140. The molecule has 3 rings (SSSR count). The predicted octanol–water partition coefficient (Wildman–Crippen LogP) is 2.77. The fourth-order valence-electron chi connectivity index (χ4n) is 3.20. The van der Waals surface area contributed by atoms with E-state index in [1.165, 1.54) is 16.7 Å². The number of benzene rings is 1. The maximum Gasteiger partial charge on any atom is 0.191 e. The molecule has 6 nitrogen and oxygen atoms in total. The molecule has 1 unspecified atom stereocenters. The van der Waals surface area contributed by atoms with E-state index >= 15 is 0 Å². The molecule has 1 aliphatic rings. The molecular weight excluding hydrogens is 352 g/mol. The average Bonchev–Trinajstić information content (AvgIpc) is 3.20. The van der Waals surface area contributed by atoms with E-state index in [4.69, 9.17) is 9.47 Å². The molecule has 150 valence electrons. The van der Waals surface area contributed by atoms with Crippen LogP contribution in [0.3, 0.4) is 0 Å². The molecule has 1 aromatic carbocycles. The minimum Gasteiger partial charge on any atom is -0.488 e. The second-order valence-electron chi connectivity index (χ2n) is 7.12. The van der Waals surface area contributed by atoms with Gasteiger partial charge >= 0.3 is 0 Å². The number of ether oxygens (including phenoxy) is 2. The van der Waals surface area contributed by atoms with E-state index in [1.54, 1.807) is 7.05 Å². The Balaban J connectivity index is 1.53. The number of nitrogens with zero attached hydrogens (tertiary/aromatic N) is 2. The van der Waals surface area contributed by atoms with Gasteiger partial charge in [0.25, 0.3) is 0 Å². The van der Waals surface area contributed by atoms with E-state index in [1.807, 2.05) is 12.4 Å². The summed E-state index contributed by atoms with van der Waals surface area (Å²) in [5, 5.41) is 6.76. The van der Waals surface area contributed by atoms with Crippen LogP contribution < -0.4 is 15.4 Å². The van der Waals surface area contributed by atoms with Crippen LogP contribution in [0.1, 0.15) is 28.7 Å². The van der Waals surface area contributed by atoms with Crippen LogP contribution in [0.5, 0.6) is 5.75 Å². The lowest BCUT2D eigenvalue weighted by Gasteiger charge is -2.18. The van der Waals surface area contributed by atoms with Gasteiger partial charge in [-0.2, -0.15) is 0 Å². The Morgan fingerprint density at radius 3 is 2.89 bits per heavy atom. The standard InChI is InChI=1S/C22H30N4O2/c1-16-4-5-19(21(12-16)28-20-8-11-27-15-20)14-26-22(23-3)25-10-7-18-6-9-24-13-17(18)2/h4-6,9,12-13,20H,7-8,10-11,14-15H2,1-3H3,(H2,23,25,26). The molecule has 28 heavy (non-hydrogen) atoms. The number of guanidine groups is 1. The normalized spacial score (nSPS) is 16.8. The van der Waals surface area contributed by atoms with Crippen LogP contribution in [0.2, 0.25) is 0 Å². The highest BCUT2D eigenvalue weighted by molar-refractivity contribution is 5.79. The molecule has 1 saturated heterocycles. The topological polar surface area (TPSA) is 67.8 Å². The van der Waals surface area contributed by atoms with Gasteiger partial charge < -0.3 is 20.1 Å². The molecule has 6 heteroatoms. The summed E-state index contributed by atoms with van der Waals surface area (Å²) < 4.78 is 11.6. The van der Waals surface area contributed by atoms with Gasteiger partial charge in [0.05, 0.1) is 13.2 Å². The van der Waals surface area contributed by atoms with Crippen LogP contribution in [0, 0.1) is 13.8 Å². The summed E-state index contributed by atoms with van der Waals surface area (Å²) in [6.07, 6.45) is 5.75. The number of aliphatic imine (C=N–C) groups is 1. The van der Waals surface area contributed by atoms with E-state index < -0.39 is 0 Å². The summed E-state index contributed by atoms with van der Waals surface area (Å²) in [7, 11) is 1.79. The molecule has 1 aromatic heterocycles. The lowest BCUT2D eigenvalue weighted by atomic mass is 10.1. The Morgan fingerprint density at radius 1 is 1.25 bits per heavy atom. The Morgan fingerprint density at radius 2 is 2.14 bits per heavy atom. The lowest BCUT2D eigenvalue weighted by molar-refractivity contribution is 0.140. The quantitative estimate of drug-likeness (QED) is 0.569. The molecule has 0 radical (unpaired) electrons. The zero-order valence-corrected chi connectivity index (χ0v) is 17.0. The smallest absolute Gasteiger partial charge is 0.191 e. The second-order valence-corrected chi connectivity index (χ2v) is 7.12. The zero-order valence-electron chi connectivity index (χ0n) is 17.0. The molecule has 0 amide bonds. The second kappa shape index (κ2) is 10.1. The maximum atomic E-state index is 6.17. The first kappa shape index (κ1) is 20.1. The molecule has 0 aliphatic carbocycles.